The second-order valence-corrected chi connectivity index (χ2v) is 6.60. The van der Waals surface area contributed by atoms with Gasteiger partial charge in [-0.15, -0.1) is 0 Å². The largest absolute Gasteiger partial charge is 0.271 e. The maximum absolute atomic E-state index is 12.8. The fourth-order valence-corrected chi connectivity index (χ4v) is 3.21. The number of amides is 2. The number of hydrogen-bond donors (Lipinski definition) is 0. The molecule has 6 nitrogen and oxygen atoms in total. The first kappa shape index (κ1) is 15.8. The Bertz CT molecular complexity index is 864. The van der Waals surface area contributed by atoms with E-state index in [-0.39, 0.29) is 11.8 Å². The van der Waals surface area contributed by atoms with E-state index in [2.05, 4.69) is 10.3 Å². The van der Waals surface area contributed by atoms with Crippen molar-refractivity contribution in [3.05, 3.63) is 64.7 Å². The normalized spacial score (nSPS) is 22.0. The van der Waals surface area contributed by atoms with E-state index in [0.29, 0.717) is 17.3 Å². The van der Waals surface area contributed by atoms with Crippen molar-refractivity contribution in [2.24, 2.45) is 10.3 Å². The summed E-state index contributed by atoms with van der Waals surface area (Å²) in [6.07, 6.45) is 0. The van der Waals surface area contributed by atoms with E-state index < -0.39 is 12.1 Å². The maximum Gasteiger partial charge on any atom is 0.263 e. The van der Waals surface area contributed by atoms with E-state index >= 15 is 0 Å². The summed E-state index contributed by atoms with van der Waals surface area (Å²) in [6, 6.07) is 13.1. The first-order valence-electron chi connectivity index (χ1n) is 7.91. The van der Waals surface area contributed by atoms with Gasteiger partial charge in [-0.1, -0.05) is 46.7 Å². The molecular formula is C18H15ClN4O2. The van der Waals surface area contributed by atoms with Crippen molar-refractivity contribution in [2.45, 2.75) is 25.6 Å². The zero-order valence-corrected chi connectivity index (χ0v) is 14.2. The third kappa shape index (κ3) is 2.68. The summed E-state index contributed by atoms with van der Waals surface area (Å²) in [5.41, 5.74) is 2.67. The van der Waals surface area contributed by atoms with Crippen molar-refractivity contribution in [1.29, 1.82) is 0 Å². The Morgan fingerprint density at radius 1 is 1.00 bits per heavy atom. The summed E-state index contributed by atoms with van der Waals surface area (Å²) in [6.45, 7) is 2.44. The predicted octanol–water partition coefficient (Wildman–Crippen LogP) is 3.14. The summed E-state index contributed by atoms with van der Waals surface area (Å²) in [5, 5.41) is 10.2. The molecule has 2 aliphatic heterocycles. The molecule has 2 amide bonds. The van der Waals surface area contributed by atoms with Gasteiger partial charge >= 0.3 is 0 Å². The molecule has 1 fully saturated rings. The van der Waals surface area contributed by atoms with Crippen LogP contribution in [0, 0.1) is 6.92 Å². The van der Waals surface area contributed by atoms with Crippen LogP contribution in [-0.4, -0.2) is 28.9 Å². The van der Waals surface area contributed by atoms with Gasteiger partial charge in [0.25, 0.3) is 11.8 Å². The Hall–Kier alpha value is -2.73. The van der Waals surface area contributed by atoms with E-state index in [9.17, 15) is 9.59 Å². The van der Waals surface area contributed by atoms with Gasteiger partial charge in [-0.3, -0.25) is 14.6 Å². The minimum absolute atomic E-state index is 0.311. The van der Waals surface area contributed by atoms with E-state index in [1.165, 1.54) is 4.90 Å². The lowest BCUT2D eigenvalue weighted by molar-refractivity contribution is -0.123. The quantitative estimate of drug-likeness (QED) is 0.795. The van der Waals surface area contributed by atoms with Gasteiger partial charge in [0.2, 0.25) is 0 Å². The minimum atomic E-state index is -0.784. The number of nitrogens with zero attached hydrogens (tertiary/aromatic N) is 4. The summed E-state index contributed by atoms with van der Waals surface area (Å²) < 4.78 is 0. The van der Waals surface area contributed by atoms with Crippen LogP contribution in [0.25, 0.3) is 0 Å². The van der Waals surface area contributed by atoms with Crippen LogP contribution in [-0.2, 0) is 16.1 Å². The van der Waals surface area contributed by atoms with E-state index in [0.717, 1.165) is 11.1 Å². The summed E-state index contributed by atoms with van der Waals surface area (Å²) in [4.78, 5) is 26.6. The number of carbonyl (C=O) groups excluding carboxylic acids is 2. The molecule has 2 aliphatic rings. The minimum Gasteiger partial charge on any atom is -0.271 e. The number of rotatable bonds is 3. The van der Waals surface area contributed by atoms with Crippen LogP contribution < -0.4 is 4.90 Å². The Morgan fingerprint density at radius 2 is 1.68 bits per heavy atom. The van der Waals surface area contributed by atoms with Crippen LogP contribution in [0.5, 0.6) is 0 Å². The van der Waals surface area contributed by atoms with Crippen molar-refractivity contribution in [3.63, 3.8) is 0 Å². The number of aryl methyl sites for hydroxylation is 1. The molecule has 0 N–H and O–H groups in total. The highest BCUT2D eigenvalue weighted by atomic mass is 35.5. The van der Waals surface area contributed by atoms with E-state index in [1.54, 1.807) is 29.3 Å². The monoisotopic (exact) mass is 354 g/mol. The van der Waals surface area contributed by atoms with Gasteiger partial charge in [-0.2, -0.15) is 5.11 Å². The molecule has 0 radical (unpaired) electrons. The van der Waals surface area contributed by atoms with Crippen molar-refractivity contribution >= 4 is 29.1 Å². The molecule has 0 aliphatic carbocycles. The fraction of sp³-hybridized carbons (Fsp3) is 0.222. The molecule has 4 rings (SSSR count). The van der Waals surface area contributed by atoms with E-state index in [4.69, 9.17) is 11.6 Å². The summed E-state index contributed by atoms with van der Waals surface area (Å²) >= 11 is 5.88. The number of hydrogen-bond acceptors (Lipinski definition) is 5. The van der Waals surface area contributed by atoms with Gasteiger partial charge in [0.05, 0.1) is 12.2 Å². The zero-order valence-electron chi connectivity index (χ0n) is 13.5. The average Bonchev–Trinajstić information content (AvgIpc) is 3.12. The summed E-state index contributed by atoms with van der Waals surface area (Å²) in [7, 11) is 0. The lowest BCUT2D eigenvalue weighted by atomic mass is 10.1. The van der Waals surface area contributed by atoms with Crippen LogP contribution in [0.4, 0.5) is 5.69 Å². The van der Waals surface area contributed by atoms with Gasteiger partial charge in [0.1, 0.15) is 0 Å². The molecule has 2 aromatic carbocycles. The molecule has 126 valence electrons. The standard InChI is InChI=1S/C18H15ClN4O2/c1-11-2-4-12(5-3-11)10-22-16-15(20-21-22)17(24)23(18(16)25)14-8-6-13(19)7-9-14/h2-9,15-16H,10H2,1H3/t15-,16-/m1/s1. The van der Waals surface area contributed by atoms with Crippen molar-refractivity contribution in [2.75, 3.05) is 4.90 Å². The van der Waals surface area contributed by atoms with Crippen LogP contribution in [0.15, 0.2) is 58.9 Å². The number of fused-ring (bicyclic) bond motifs is 1. The highest BCUT2D eigenvalue weighted by Gasteiger charge is 2.54. The zero-order chi connectivity index (χ0) is 17.6. The highest BCUT2D eigenvalue weighted by Crippen LogP contribution is 2.33. The second kappa shape index (κ2) is 5.97. The molecule has 2 aromatic rings. The van der Waals surface area contributed by atoms with Crippen LogP contribution in [0.2, 0.25) is 5.02 Å². The molecule has 2 heterocycles. The smallest absolute Gasteiger partial charge is 0.263 e. The molecular weight excluding hydrogens is 340 g/mol. The third-order valence-electron chi connectivity index (χ3n) is 4.41. The molecule has 0 saturated carbocycles. The molecule has 7 heteroatoms. The topological polar surface area (TPSA) is 65.3 Å². The van der Waals surface area contributed by atoms with Crippen molar-refractivity contribution in [3.8, 4) is 0 Å². The third-order valence-corrected chi connectivity index (χ3v) is 4.66. The number of anilines is 1. The van der Waals surface area contributed by atoms with Gasteiger partial charge in [-0.25, -0.2) is 4.90 Å². The first-order chi connectivity index (χ1) is 12.0. The summed E-state index contributed by atoms with van der Waals surface area (Å²) in [5.74, 6) is -0.665. The fourth-order valence-electron chi connectivity index (χ4n) is 3.08. The van der Waals surface area contributed by atoms with Gasteiger partial charge in [0, 0.05) is 5.02 Å². The van der Waals surface area contributed by atoms with Crippen molar-refractivity contribution in [1.82, 2.24) is 5.01 Å². The molecule has 1 saturated heterocycles. The molecule has 25 heavy (non-hydrogen) atoms. The molecule has 0 bridgehead atoms. The van der Waals surface area contributed by atoms with Gasteiger partial charge in [-0.05, 0) is 36.8 Å². The Balaban J connectivity index is 1.59. The predicted molar refractivity (Wildman–Crippen MR) is 93.1 cm³/mol. The van der Waals surface area contributed by atoms with Crippen molar-refractivity contribution < 1.29 is 9.59 Å². The number of carbonyl (C=O) groups is 2. The highest BCUT2D eigenvalue weighted by molar-refractivity contribution is 6.31. The Labute approximate surface area is 149 Å². The molecule has 2 atom stereocenters. The van der Waals surface area contributed by atoms with Gasteiger partial charge in [0.15, 0.2) is 12.1 Å². The molecule has 0 spiro atoms. The average molecular weight is 355 g/mol. The van der Waals surface area contributed by atoms with Gasteiger partial charge < -0.3 is 0 Å². The second-order valence-electron chi connectivity index (χ2n) is 6.17. The van der Waals surface area contributed by atoms with Crippen LogP contribution >= 0.6 is 11.6 Å². The number of halogens is 1. The van der Waals surface area contributed by atoms with E-state index in [1.807, 2.05) is 31.2 Å². The Kier molecular flexibility index (Phi) is 3.77. The first-order valence-corrected chi connectivity index (χ1v) is 8.29. The lowest BCUT2D eigenvalue weighted by Crippen LogP contribution is -2.39. The molecule has 0 unspecified atom stereocenters. The van der Waals surface area contributed by atoms with Crippen LogP contribution in [0.3, 0.4) is 0 Å². The Morgan fingerprint density at radius 3 is 2.36 bits per heavy atom. The lowest BCUT2D eigenvalue weighted by Gasteiger charge is -2.20. The van der Waals surface area contributed by atoms with Crippen LogP contribution in [0.1, 0.15) is 11.1 Å². The molecule has 0 aromatic heterocycles. The number of imide groups is 1. The maximum atomic E-state index is 12.8. The number of benzene rings is 2. The SMILES string of the molecule is Cc1ccc(CN2N=N[C@H]3C(=O)N(c4ccc(Cl)cc4)C(=O)[C@@H]32)cc1.